The van der Waals surface area contributed by atoms with Gasteiger partial charge in [-0.25, -0.2) is 4.79 Å². The number of aliphatic carboxylic acids is 1. The van der Waals surface area contributed by atoms with E-state index in [-0.39, 0.29) is 5.88 Å². The molecular formula is C6H5N5O3. The number of hydrogen-bond acceptors (Lipinski definition) is 6. The zero-order valence-corrected chi connectivity index (χ0v) is 6.86. The van der Waals surface area contributed by atoms with Gasteiger partial charge in [0.1, 0.15) is 0 Å². The molecule has 0 aliphatic rings. The van der Waals surface area contributed by atoms with Crippen LogP contribution in [0.25, 0.3) is 5.65 Å². The predicted molar refractivity (Wildman–Crippen MR) is 41.7 cm³/mol. The molecule has 8 nitrogen and oxygen atoms in total. The van der Waals surface area contributed by atoms with Gasteiger partial charge in [-0.3, -0.25) is 4.98 Å². The highest BCUT2D eigenvalue weighted by Gasteiger charge is 2.06. The second-order valence-electron chi connectivity index (χ2n) is 2.38. The lowest BCUT2D eigenvalue weighted by Crippen LogP contribution is -2.11. The maximum Gasteiger partial charge on any atom is 0.341 e. The van der Waals surface area contributed by atoms with Crippen molar-refractivity contribution in [3.8, 4) is 5.88 Å². The molecule has 0 atom stereocenters. The summed E-state index contributed by atoms with van der Waals surface area (Å²) in [6, 6.07) is 0. The predicted octanol–water partition coefficient (Wildman–Crippen LogP) is -1.02. The number of carboxylic acids is 1. The number of hydrogen-bond donors (Lipinski definition) is 1. The Balaban J connectivity index is 2.32. The first-order chi connectivity index (χ1) is 6.77. The molecule has 0 spiro atoms. The lowest BCUT2D eigenvalue weighted by Gasteiger charge is -2.01. The van der Waals surface area contributed by atoms with Crippen molar-refractivity contribution in [1.29, 1.82) is 0 Å². The van der Waals surface area contributed by atoms with Gasteiger partial charge in [-0.05, 0) is 10.4 Å². The molecule has 2 aromatic rings. The highest BCUT2D eigenvalue weighted by molar-refractivity contribution is 5.68. The number of aromatic nitrogens is 5. The number of tetrazole rings is 1. The van der Waals surface area contributed by atoms with E-state index in [0.717, 1.165) is 0 Å². The van der Waals surface area contributed by atoms with Crippen molar-refractivity contribution in [2.75, 3.05) is 6.61 Å². The Kier molecular flexibility index (Phi) is 1.94. The van der Waals surface area contributed by atoms with Crippen molar-refractivity contribution in [2.24, 2.45) is 0 Å². The molecule has 0 bridgehead atoms. The topological polar surface area (TPSA) is 102 Å². The van der Waals surface area contributed by atoms with Crippen LogP contribution in [0.5, 0.6) is 5.88 Å². The van der Waals surface area contributed by atoms with Crippen LogP contribution in [0.1, 0.15) is 0 Å². The van der Waals surface area contributed by atoms with E-state index < -0.39 is 12.6 Å². The SMILES string of the molecule is O=C(O)COc1cncc2nnnn12. The number of carboxylic acid groups (broad SMARTS) is 1. The Hall–Kier alpha value is -2.25. The van der Waals surface area contributed by atoms with Crippen molar-refractivity contribution >= 4 is 11.6 Å². The first-order valence-corrected chi connectivity index (χ1v) is 3.64. The Labute approximate surface area is 77.1 Å². The molecule has 14 heavy (non-hydrogen) atoms. The average molecular weight is 195 g/mol. The minimum Gasteiger partial charge on any atom is -0.479 e. The summed E-state index contributed by atoms with van der Waals surface area (Å²) in [5.74, 6) is -0.884. The molecule has 0 unspecified atom stereocenters. The summed E-state index contributed by atoms with van der Waals surface area (Å²) in [5, 5.41) is 19.0. The summed E-state index contributed by atoms with van der Waals surface area (Å²) in [5.41, 5.74) is 0.396. The van der Waals surface area contributed by atoms with Crippen LogP contribution < -0.4 is 4.74 Å². The molecule has 0 aliphatic heterocycles. The van der Waals surface area contributed by atoms with Crippen LogP contribution in [0.15, 0.2) is 12.4 Å². The van der Waals surface area contributed by atoms with Crippen LogP contribution in [-0.4, -0.2) is 42.7 Å². The largest absolute Gasteiger partial charge is 0.479 e. The third-order valence-corrected chi connectivity index (χ3v) is 1.42. The summed E-state index contributed by atoms with van der Waals surface area (Å²) in [4.78, 5) is 14.0. The fourth-order valence-corrected chi connectivity index (χ4v) is 0.888. The van der Waals surface area contributed by atoms with Crippen LogP contribution in [0.2, 0.25) is 0 Å². The molecule has 0 aliphatic carbocycles. The molecular weight excluding hydrogens is 190 g/mol. The Morgan fingerprint density at radius 2 is 2.43 bits per heavy atom. The van der Waals surface area contributed by atoms with E-state index in [1.165, 1.54) is 16.9 Å². The minimum absolute atomic E-state index is 0.190. The van der Waals surface area contributed by atoms with E-state index >= 15 is 0 Å². The number of carbonyl (C=O) groups is 1. The van der Waals surface area contributed by atoms with E-state index in [2.05, 4.69) is 20.5 Å². The van der Waals surface area contributed by atoms with E-state index in [9.17, 15) is 4.79 Å². The normalized spacial score (nSPS) is 10.3. The second kappa shape index (κ2) is 3.24. The van der Waals surface area contributed by atoms with E-state index in [0.29, 0.717) is 5.65 Å². The monoisotopic (exact) mass is 195 g/mol. The summed E-state index contributed by atoms with van der Waals surface area (Å²) >= 11 is 0. The van der Waals surface area contributed by atoms with Crippen LogP contribution in [-0.2, 0) is 4.79 Å². The molecule has 0 amide bonds. The van der Waals surface area contributed by atoms with Crippen molar-refractivity contribution < 1.29 is 14.6 Å². The summed E-state index contributed by atoms with van der Waals surface area (Å²) < 4.78 is 6.16. The molecule has 0 radical (unpaired) electrons. The van der Waals surface area contributed by atoms with Gasteiger partial charge in [0.05, 0.1) is 12.4 Å². The number of rotatable bonds is 3. The van der Waals surface area contributed by atoms with Gasteiger partial charge in [0, 0.05) is 0 Å². The van der Waals surface area contributed by atoms with Crippen molar-refractivity contribution in [3.05, 3.63) is 12.4 Å². The Morgan fingerprint density at radius 1 is 1.57 bits per heavy atom. The first kappa shape index (κ1) is 8.35. The molecule has 1 N–H and O–H groups in total. The smallest absolute Gasteiger partial charge is 0.341 e. The van der Waals surface area contributed by atoms with Gasteiger partial charge >= 0.3 is 5.97 Å². The molecule has 8 heteroatoms. The Bertz CT molecular complexity index is 467. The molecule has 0 saturated carbocycles. The zero-order chi connectivity index (χ0) is 9.97. The van der Waals surface area contributed by atoms with Gasteiger partial charge in [-0.2, -0.15) is 4.52 Å². The van der Waals surface area contributed by atoms with Crippen LogP contribution >= 0.6 is 0 Å². The highest BCUT2D eigenvalue weighted by atomic mass is 16.5. The standard InChI is InChI=1S/C6H5N5O3/c12-6(13)3-14-5-2-7-1-4-8-9-10-11(4)5/h1-2H,3H2,(H,12,13). The molecule has 2 heterocycles. The maximum atomic E-state index is 10.2. The van der Waals surface area contributed by atoms with Crippen LogP contribution in [0, 0.1) is 0 Å². The van der Waals surface area contributed by atoms with Gasteiger partial charge in [0.25, 0.3) is 0 Å². The molecule has 0 aromatic carbocycles. The van der Waals surface area contributed by atoms with E-state index in [1.54, 1.807) is 0 Å². The summed E-state index contributed by atoms with van der Waals surface area (Å²) in [6.07, 6.45) is 2.78. The number of fused-ring (bicyclic) bond motifs is 1. The molecule has 0 fully saturated rings. The quantitative estimate of drug-likeness (QED) is 0.668. The highest BCUT2D eigenvalue weighted by Crippen LogP contribution is 2.07. The summed E-state index contributed by atoms with van der Waals surface area (Å²) in [6.45, 7) is -0.458. The van der Waals surface area contributed by atoms with Crippen LogP contribution in [0.3, 0.4) is 0 Å². The third kappa shape index (κ3) is 1.44. The second-order valence-corrected chi connectivity index (χ2v) is 2.38. The Morgan fingerprint density at radius 3 is 3.21 bits per heavy atom. The molecule has 72 valence electrons. The van der Waals surface area contributed by atoms with Crippen molar-refractivity contribution in [1.82, 2.24) is 25.0 Å². The van der Waals surface area contributed by atoms with Gasteiger partial charge in [-0.15, -0.1) is 5.10 Å². The van der Waals surface area contributed by atoms with E-state index in [4.69, 9.17) is 9.84 Å². The maximum absolute atomic E-state index is 10.2. The van der Waals surface area contributed by atoms with Crippen LogP contribution in [0.4, 0.5) is 0 Å². The molecule has 0 saturated heterocycles. The van der Waals surface area contributed by atoms with Crippen molar-refractivity contribution in [3.63, 3.8) is 0 Å². The fraction of sp³-hybridized carbons (Fsp3) is 0.167. The van der Waals surface area contributed by atoms with Crippen molar-refractivity contribution in [2.45, 2.75) is 0 Å². The molecule has 2 aromatic heterocycles. The zero-order valence-electron chi connectivity index (χ0n) is 6.86. The minimum atomic E-state index is -1.07. The summed E-state index contributed by atoms with van der Waals surface area (Å²) in [7, 11) is 0. The van der Waals surface area contributed by atoms with E-state index in [1.807, 2.05) is 0 Å². The van der Waals surface area contributed by atoms with Gasteiger partial charge in [-0.1, -0.05) is 0 Å². The first-order valence-electron chi connectivity index (χ1n) is 3.64. The van der Waals surface area contributed by atoms with Gasteiger partial charge in [0.2, 0.25) is 11.5 Å². The number of nitrogens with zero attached hydrogens (tertiary/aromatic N) is 5. The lowest BCUT2D eigenvalue weighted by molar-refractivity contribution is -0.139. The molecule has 2 rings (SSSR count). The average Bonchev–Trinajstić information content (AvgIpc) is 2.62. The fourth-order valence-electron chi connectivity index (χ4n) is 0.888. The number of ether oxygens (including phenoxy) is 1. The lowest BCUT2D eigenvalue weighted by atomic mass is 10.6. The third-order valence-electron chi connectivity index (χ3n) is 1.42. The van der Waals surface area contributed by atoms with Gasteiger partial charge < -0.3 is 9.84 Å². The van der Waals surface area contributed by atoms with Gasteiger partial charge in [0.15, 0.2) is 6.61 Å².